The smallest absolute Gasteiger partial charge is 0.322 e. The number of nitrogens with zero attached hydrogens (tertiary/aromatic N) is 1. The van der Waals surface area contributed by atoms with Crippen molar-refractivity contribution in [2.24, 2.45) is 0 Å². The highest BCUT2D eigenvalue weighted by molar-refractivity contribution is 5.91. The van der Waals surface area contributed by atoms with Crippen LogP contribution < -0.4 is 5.32 Å². The molecular weight excluding hydrogens is 236 g/mol. The number of nitrogens with one attached hydrogen (secondary N) is 1. The lowest BCUT2D eigenvalue weighted by Gasteiger charge is -2.33. The standard InChI is InChI=1S/C16H24N2O/c1-4-14-10-7-8-12(2)15(14)17-16(19)18-11-6-5-9-13(18)3/h7-8,10,13H,4-6,9,11H2,1-3H3,(H,17,19). The molecule has 2 amide bonds. The second-order valence-corrected chi connectivity index (χ2v) is 5.43. The number of anilines is 1. The monoisotopic (exact) mass is 260 g/mol. The van der Waals surface area contributed by atoms with Crippen LogP contribution in [0.4, 0.5) is 10.5 Å². The lowest BCUT2D eigenvalue weighted by atomic mass is 10.0. The summed E-state index contributed by atoms with van der Waals surface area (Å²) in [6.45, 7) is 7.18. The van der Waals surface area contributed by atoms with Gasteiger partial charge in [0.25, 0.3) is 0 Å². The van der Waals surface area contributed by atoms with E-state index in [1.807, 2.05) is 11.0 Å². The fourth-order valence-electron chi connectivity index (χ4n) is 2.78. The van der Waals surface area contributed by atoms with Crippen molar-refractivity contribution in [3.8, 4) is 0 Å². The normalized spacial score (nSPS) is 19.3. The zero-order chi connectivity index (χ0) is 13.8. The largest absolute Gasteiger partial charge is 0.322 e. The Morgan fingerprint density at radius 3 is 2.89 bits per heavy atom. The van der Waals surface area contributed by atoms with Crippen LogP contribution in [0.5, 0.6) is 0 Å². The van der Waals surface area contributed by atoms with E-state index in [2.05, 4.69) is 38.2 Å². The maximum atomic E-state index is 12.4. The molecule has 0 saturated carbocycles. The highest BCUT2D eigenvalue weighted by Crippen LogP contribution is 2.23. The number of urea groups is 1. The summed E-state index contributed by atoms with van der Waals surface area (Å²) in [5.74, 6) is 0. The summed E-state index contributed by atoms with van der Waals surface area (Å²) in [6.07, 6.45) is 4.40. The van der Waals surface area contributed by atoms with Gasteiger partial charge in [0.15, 0.2) is 0 Å². The van der Waals surface area contributed by atoms with Crippen molar-refractivity contribution in [1.29, 1.82) is 0 Å². The van der Waals surface area contributed by atoms with Crippen molar-refractivity contribution < 1.29 is 4.79 Å². The van der Waals surface area contributed by atoms with E-state index in [-0.39, 0.29) is 6.03 Å². The Hall–Kier alpha value is -1.51. The maximum absolute atomic E-state index is 12.4. The fourth-order valence-corrected chi connectivity index (χ4v) is 2.78. The molecule has 3 heteroatoms. The van der Waals surface area contributed by atoms with E-state index >= 15 is 0 Å². The number of para-hydroxylation sites is 1. The van der Waals surface area contributed by atoms with Gasteiger partial charge in [0, 0.05) is 18.3 Å². The Morgan fingerprint density at radius 1 is 1.42 bits per heavy atom. The van der Waals surface area contributed by atoms with Crippen molar-refractivity contribution in [3.05, 3.63) is 29.3 Å². The van der Waals surface area contributed by atoms with Crippen LogP contribution in [-0.2, 0) is 6.42 Å². The van der Waals surface area contributed by atoms with E-state index < -0.39 is 0 Å². The van der Waals surface area contributed by atoms with Crippen LogP contribution in [0.3, 0.4) is 0 Å². The third-order valence-electron chi connectivity index (χ3n) is 4.04. The molecule has 0 bridgehead atoms. The fraction of sp³-hybridized carbons (Fsp3) is 0.562. The third kappa shape index (κ3) is 3.09. The quantitative estimate of drug-likeness (QED) is 0.857. The van der Waals surface area contributed by atoms with Gasteiger partial charge in [-0.05, 0) is 50.7 Å². The SMILES string of the molecule is CCc1cccc(C)c1NC(=O)N1CCCCC1C. The first-order valence-electron chi connectivity index (χ1n) is 7.29. The van der Waals surface area contributed by atoms with Crippen LogP contribution in [0, 0.1) is 6.92 Å². The number of amides is 2. The molecule has 1 atom stereocenters. The number of rotatable bonds is 2. The van der Waals surface area contributed by atoms with Gasteiger partial charge in [-0.2, -0.15) is 0 Å². The molecule has 1 aromatic rings. The Balaban J connectivity index is 2.14. The molecule has 2 rings (SSSR count). The van der Waals surface area contributed by atoms with Crippen LogP contribution in [-0.4, -0.2) is 23.5 Å². The molecule has 1 aromatic carbocycles. The second kappa shape index (κ2) is 6.09. The molecule has 1 N–H and O–H groups in total. The molecule has 0 radical (unpaired) electrons. The number of likely N-dealkylation sites (tertiary alicyclic amines) is 1. The molecule has 0 aromatic heterocycles. The van der Waals surface area contributed by atoms with Crippen molar-refractivity contribution in [2.75, 3.05) is 11.9 Å². The molecule has 1 saturated heterocycles. The van der Waals surface area contributed by atoms with Gasteiger partial charge in [-0.3, -0.25) is 0 Å². The number of piperidine rings is 1. The van der Waals surface area contributed by atoms with E-state index in [1.54, 1.807) is 0 Å². The highest BCUT2D eigenvalue weighted by Gasteiger charge is 2.23. The van der Waals surface area contributed by atoms with Crippen molar-refractivity contribution in [3.63, 3.8) is 0 Å². The molecular formula is C16H24N2O. The highest BCUT2D eigenvalue weighted by atomic mass is 16.2. The Bertz CT molecular complexity index is 456. The van der Waals surface area contributed by atoms with Gasteiger partial charge in [0.1, 0.15) is 0 Å². The summed E-state index contributed by atoms with van der Waals surface area (Å²) in [5, 5.41) is 3.12. The van der Waals surface area contributed by atoms with Gasteiger partial charge < -0.3 is 10.2 Å². The van der Waals surface area contributed by atoms with Crippen molar-refractivity contribution in [2.45, 2.75) is 52.5 Å². The molecule has 1 fully saturated rings. The number of carbonyl (C=O) groups is 1. The molecule has 3 nitrogen and oxygen atoms in total. The lowest BCUT2D eigenvalue weighted by Crippen LogP contribution is -2.44. The zero-order valence-corrected chi connectivity index (χ0v) is 12.2. The van der Waals surface area contributed by atoms with E-state index in [4.69, 9.17) is 0 Å². The first-order valence-corrected chi connectivity index (χ1v) is 7.29. The van der Waals surface area contributed by atoms with Crippen molar-refractivity contribution >= 4 is 11.7 Å². The average Bonchev–Trinajstić information content (AvgIpc) is 2.41. The van der Waals surface area contributed by atoms with Crippen LogP contribution in [0.15, 0.2) is 18.2 Å². The van der Waals surface area contributed by atoms with Crippen molar-refractivity contribution in [1.82, 2.24) is 4.90 Å². The van der Waals surface area contributed by atoms with Crippen LogP contribution in [0.2, 0.25) is 0 Å². The minimum Gasteiger partial charge on any atom is -0.322 e. The summed E-state index contributed by atoms with van der Waals surface area (Å²) in [7, 11) is 0. The van der Waals surface area contributed by atoms with Gasteiger partial charge in [0.05, 0.1) is 0 Å². The molecule has 19 heavy (non-hydrogen) atoms. The lowest BCUT2D eigenvalue weighted by molar-refractivity contribution is 0.170. The molecule has 0 spiro atoms. The molecule has 104 valence electrons. The van der Waals surface area contributed by atoms with E-state index in [0.29, 0.717) is 6.04 Å². The molecule has 1 unspecified atom stereocenters. The third-order valence-corrected chi connectivity index (χ3v) is 4.04. The Morgan fingerprint density at radius 2 is 2.21 bits per heavy atom. The zero-order valence-electron chi connectivity index (χ0n) is 12.2. The number of benzene rings is 1. The predicted octanol–water partition coefficient (Wildman–Crippen LogP) is 3.96. The van der Waals surface area contributed by atoms with Gasteiger partial charge in [-0.15, -0.1) is 0 Å². The van der Waals surface area contributed by atoms with Crippen LogP contribution in [0.1, 0.15) is 44.2 Å². The van der Waals surface area contributed by atoms with Gasteiger partial charge in [-0.1, -0.05) is 25.1 Å². The van der Waals surface area contributed by atoms with Gasteiger partial charge >= 0.3 is 6.03 Å². The van der Waals surface area contributed by atoms with E-state index in [1.165, 1.54) is 12.0 Å². The minimum atomic E-state index is 0.0520. The Labute approximate surface area is 116 Å². The first-order chi connectivity index (χ1) is 9.13. The van der Waals surface area contributed by atoms with Gasteiger partial charge in [-0.25, -0.2) is 4.79 Å². The van der Waals surface area contributed by atoms with Crippen LogP contribution in [0.25, 0.3) is 0 Å². The summed E-state index contributed by atoms with van der Waals surface area (Å²) in [6, 6.07) is 6.59. The minimum absolute atomic E-state index is 0.0520. The van der Waals surface area contributed by atoms with E-state index in [0.717, 1.165) is 37.1 Å². The number of aryl methyl sites for hydroxylation is 2. The topological polar surface area (TPSA) is 32.3 Å². The van der Waals surface area contributed by atoms with Crippen LogP contribution >= 0.6 is 0 Å². The predicted molar refractivity (Wildman–Crippen MR) is 79.6 cm³/mol. The summed E-state index contributed by atoms with van der Waals surface area (Å²) < 4.78 is 0. The summed E-state index contributed by atoms with van der Waals surface area (Å²) in [4.78, 5) is 14.4. The molecule has 1 aliphatic rings. The number of hydrogen-bond donors (Lipinski definition) is 1. The molecule has 1 aliphatic heterocycles. The van der Waals surface area contributed by atoms with E-state index in [9.17, 15) is 4.79 Å². The average molecular weight is 260 g/mol. The summed E-state index contributed by atoms with van der Waals surface area (Å²) >= 11 is 0. The molecule has 1 heterocycles. The van der Waals surface area contributed by atoms with Gasteiger partial charge in [0.2, 0.25) is 0 Å². The number of carbonyl (C=O) groups excluding carboxylic acids is 1. The number of hydrogen-bond acceptors (Lipinski definition) is 1. The Kier molecular flexibility index (Phi) is 4.46. The summed E-state index contributed by atoms with van der Waals surface area (Å²) in [5.41, 5.74) is 3.34. The molecule has 0 aliphatic carbocycles. The first kappa shape index (κ1) is 13.9. The second-order valence-electron chi connectivity index (χ2n) is 5.43. The maximum Gasteiger partial charge on any atom is 0.322 e.